The summed E-state index contributed by atoms with van der Waals surface area (Å²) in [5, 5.41) is 41.6. The van der Waals surface area contributed by atoms with Crippen molar-refractivity contribution in [3.63, 3.8) is 0 Å². The molecule has 0 spiro atoms. The first kappa shape index (κ1) is 31.5. The summed E-state index contributed by atoms with van der Waals surface area (Å²) in [6, 6.07) is -0.683. The van der Waals surface area contributed by atoms with Crippen LogP contribution < -0.4 is 26.2 Å². The summed E-state index contributed by atoms with van der Waals surface area (Å²) in [5.74, 6) is -0.1000. The average Bonchev–Trinajstić information content (AvgIpc) is 2.12. The molecule has 1 atom stereocenters. The van der Waals surface area contributed by atoms with E-state index >= 15 is 0 Å². The van der Waals surface area contributed by atoms with E-state index in [1.165, 1.54) is 0 Å². The molecule has 0 saturated carbocycles. The van der Waals surface area contributed by atoms with Gasteiger partial charge in [-0.25, -0.2) is 0 Å². The van der Waals surface area contributed by atoms with Crippen molar-refractivity contribution in [3.8, 4) is 0 Å². The predicted octanol–water partition coefficient (Wildman–Crippen LogP) is -5.13. The van der Waals surface area contributed by atoms with Crippen LogP contribution in [0.25, 0.3) is 0 Å². The number of hydrogen-bond donors (Lipinski definition) is 2. The summed E-state index contributed by atoms with van der Waals surface area (Å²) in [5.41, 5.74) is 5.19. The fraction of sp³-hybridized carbons (Fsp3) is 0.571. The Hall–Kier alpha value is 0.0992. The Labute approximate surface area is 154 Å². The SMILES string of the molecule is CSCCC(N)C(=O)O.O=C([O-])[O-].O=C([O-])[O-].[Ca+2].[Fe+2]. The number of carboxylic acid groups (broad SMARTS) is 5. The van der Waals surface area contributed by atoms with Gasteiger partial charge in [-0.2, -0.15) is 11.8 Å². The van der Waals surface area contributed by atoms with E-state index in [9.17, 15) is 4.79 Å². The standard InChI is InChI=1S/C5H11NO2S.2CH2O3.Ca.Fe/c1-9-3-2-4(6)5(7)8;2*2-1(3)4;;/h4H,2-3,6H2,1H3,(H,7,8);2*(H2,2,3,4);;/q;;;2*+2/p-4. The molecule has 0 aliphatic carbocycles. The van der Waals surface area contributed by atoms with Crippen LogP contribution in [0.4, 0.5) is 9.59 Å². The molecule has 1 unspecified atom stereocenters. The summed E-state index contributed by atoms with van der Waals surface area (Å²) in [7, 11) is 0. The minimum atomic E-state index is -2.33. The number of aliphatic carboxylic acids is 1. The van der Waals surface area contributed by atoms with Crippen molar-refractivity contribution in [1.82, 2.24) is 0 Å². The van der Waals surface area contributed by atoms with Crippen LogP contribution in [0, 0.1) is 0 Å². The summed E-state index contributed by atoms with van der Waals surface area (Å²) >= 11 is 1.60. The fourth-order valence-corrected chi connectivity index (χ4v) is 0.858. The minimum Gasteiger partial charge on any atom is -0.652 e. The monoisotopic (exact) mass is 365 g/mol. The zero-order valence-electron chi connectivity index (χ0n) is 9.84. The third-order valence-electron chi connectivity index (χ3n) is 0.950. The van der Waals surface area contributed by atoms with Gasteiger partial charge in [-0.3, -0.25) is 4.79 Å². The molecule has 19 heavy (non-hydrogen) atoms. The zero-order chi connectivity index (χ0) is 14.4. The van der Waals surface area contributed by atoms with Gasteiger partial charge in [-0.05, 0) is 30.7 Å². The molecular weight excluding hydrogens is 354 g/mol. The molecule has 0 radical (unpaired) electrons. The van der Waals surface area contributed by atoms with Gasteiger partial charge in [0.05, 0.1) is 0 Å². The van der Waals surface area contributed by atoms with Crippen molar-refractivity contribution in [2.24, 2.45) is 5.73 Å². The van der Waals surface area contributed by atoms with Gasteiger partial charge in [0.2, 0.25) is 0 Å². The molecular formula is C7H11CaFeNO8S. The molecule has 0 heterocycles. The largest absolute Gasteiger partial charge is 2.00 e. The van der Waals surface area contributed by atoms with Crippen molar-refractivity contribution >= 4 is 67.8 Å². The number of carbonyl (C=O) groups excluding carboxylic acids is 2. The Morgan fingerprint density at radius 2 is 1.42 bits per heavy atom. The van der Waals surface area contributed by atoms with Crippen molar-refractivity contribution in [2.75, 3.05) is 12.0 Å². The number of hydrogen-bond acceptors (Lipinski definition) is 9. The third kappa shape index (κ3) is 71.5. The van der Waals surface area contributed by atoms with E-state index in [0.29, 0.717) is 6.42 Å². The van der Waals surface area contributed by atoms with Gasteiger partial charge >= 0.3 is 60.8 Å². The van der Waals surface area contributed by atoms with Crippen LogP contribution in [-0.4, -0.2) is 79.2 Å². The maximum Gasteiger partial charge on any atom is 2.00 e. The summed E-state index contributed by atoms with van der Waals surface area (Å²) in [4.78, 5) is 26.7. The molecule has 0 fully saturated rings. The Morgan fingerprint density at radius 1 is 1.16 bits per heavy atom. The number of rotatable bonds is 4. The molecule has 0 saturated heterocycles. The van der Waals surface area contributed by atoms with E-state index in [4.69, 9.17) is 40.9 Å². The van der Waals surface area contributed by atoms with Crippen molar-refractivity contribution in [1.29, 1.82) is 0 Å². The third-order valence-corrected chi connectivity index (χ3v) is 1.59. The maximum atomic E-state index is 10.1. The molecule has 9 nitrogen and oxygen atoms in total. The Bertz CT molecular complexity index is 225. The summed E-state index contributed by atoms with van der Waals surface area (Å²) in [6.07, 6.45) is -2.19. The van der Waals surface area contributed by atoms with Crippen LogP contribution >= 0.6 is 11.8 Å². The molecule has 0 aromatic heterocycles. The second kappa shape index (κ2) is 23.2. The van der Waals surface area contributed by atoms with Crippen LogP contribution in [0.2, 0.25) is 0 Å². The first-order chi connectivity index (χ1) is 7.64. The van der Waals surface area contributed by atoms with Gasteiger partial charge in [-0.1, -0.05) is 0 Å². The first-order valence-corrected chi connectivity index (χ1v) is 5.27. The van der Waals surface area contributed by atoms with E-state index in [0.717, 1.165) is 5.75 Å². The normalized spacial score (nSPS) is 8.74. The molecule has 0 aromatic carbocycles. The molecule has 0 rings (SSSR count). The van der Waals surface area contributed by atoms with Crippen LogP contribution in [0.3, 0.4) is 0 Å². The molecule has 108 valence electrons. The Kier molecular flexibility index (Phi) is 38.4. The fourth-order valence-electron chi connectivity index (χ4n) is 0.368. The van der Waals surface area contributed by atoms with E-state index in [1.54, 1.807) is 11.8 Å². The van der Waals surface area contributed by atoms with Crippen molar-refractivity contribution in [3.05, 3.63) is 0 Å². The van der Waals surface area contributed by atoms with E-state index in [1.807, 2.05) is 6.26 Å². The van der Waals surface area contributed by atoms with Crippen molar-refractivity contribution < 1.29 is 57.0 Å². The quantitative estimate of drug-likeness (QED) is 0.456. The second-order valence-corrected chi connectivity index (χ2v) is 3.21. The summed E-state index contributed by atoms with van der Waals surface area (Å²) < 4.78 is 0. The molecule has 0 aliphatic heterocycles. The van der Waals surface area contributed by atoms with Crippen LogP contribution in [0.5, 0.6) is 0 Å². The van der Waals surface area contributed by atoms with Gasteiger partial charge in [-0.15, -0.1) is 0 Å². The first-order valence-electron chi connectivity index (χ1n) is 3.88. The molecule has 0 aliphatic rings. The number of carboxylic acids is 1. The average molecular weight is 365 g/mol. The van der Waals surface area contributed by atoms with Gasteiger partial charge in [0.15, 0.2) is 0 Å². The zero-order valence-corrected chi connectivity index (χ0v) is 14.0. The predicted molar refractivity (Wildman–Crippen MR) is 55.2 cm³/mol. The van der Waals surface area contributed by atoms with Crippen LogP contribution in [0.1, 0.15) is 6.42 Å². The number of carbonyl (C=O) groups is 3. The smallest absolute Gasteiger partial charge is 0.652 e. The minimum absolute atomic E-state index is 0. The molecule has 12 heteroatoms. The van der Waals surface area contributed by atoms with Crippen molar-refractivity contribution in [2.45, 2.75) is 12.5 Å². The molecule has 0 bridgehead atoms. The molecule has 0 amide bonds. The number of thioether (sulfide) groups is 1. The maximum absolute atomic E-state index is 10.1. The topological polar surface area (TPSA) is 190 Å². The Morgan fingerprint density at radius 3 is 1.58 bits per heavy atom. The van der Waals surface area contributed by atoms with E-state index in [-0.39, 0.29) is 54.8 Å². The van der Waals surface area contributed by atoms with E-state index < -0.39 is 24.3 Å². The van der Waals surface area contributed by atoms with E-state index in [2.05, 4.69) is 0 Å². The molecule has 3 N–H and O–H groups in total. The number of nitrogens with two attached hydrogens (primary N) is 1. The van der Waals surface area contributed by atoms with Gasteiger partial charge in [0.25, 0.3) is 0 Å². The van der Waals surface area contributed by atoms with Gasteiger partial charge in [0, 0.05) is 0 Å². The van der Waals surface area contributed by atoms with Crippen LogP contribution in [0.15, 0.2) is 0 Å². The second-order valence-electron chi connectivity index (χ2n) is 2.23. The summed E-state index contributed by atoms with van der Waals surface area (Å²) in [6.45, 7) is 0. The van der Waals surface area contributed by atoms with Gasteiger partial charge in [0.1, 0.15) is 6.04 Å². The van der Waals surface area contributed by atoms with Gasteiger partial charge < -0.3 is 40.9 Å². The van der Waals surface area contributed by atoms with Crippen LogP contribution in [-0.2, 0) is 21.9 Å². The Balaban J connectivity index is -0.0000000560. The molecule has 0 aromatic rings.